The average Bonchev–Trinajstić information content (AvgIpc) is 3.30. The monoisotopic (exact) mass is 572 g/mol. The number of amides is 1. The van der Waals surface area contributed by atoms with Crippen LogP contribution < -0.4 is 10.5 Å². The van der Waals surface area contributed by atoms with Crippen LogP contribution in [0.25, 0.3) is 16.7 Å². The predicted octanol–water partition coefficient (Wildman–Crippen LogP) is 5.22. The van der Waals surface area contributed by atoms with Crippen LogP contribution in [0, 0.1) is 11.6 Å². The van der Waals surface area contributed by atoms with Crippen molar-refractivity contribution in [2.75, 3.05) is 20.1 Å². The summed E-state index contributed by atoms with van der Waals surface area (Å²) >= 11 is 12.3. The Morgan fingerprint density at radius 2 is 1.95 bits per heavy atom. The first-order chi connectivity index (χ1) is 18.6. The quantitative estimate of drug-likeness (QED) is 0.391. The summed E-state index contributed by atoms with van der Waals surface area (Å²) in [6.07, 6.45) is 5.09. The van der Waals surface area contributed by atoms with Crippen molar-refractivity contribution in [1.82, 2.24) is 14.5 Å². The zero-order valence-corrected chi connectivity index (χ0v) is 22.9. The van der Waals surface area contributed by atoms with Gasteiger partial charge in [0.25, 0.3) is 0 Å². The molecule has 0 saturated carbocycles. The molecule has 2 aliphatic rings. The lowest BCUT2D eigenvalue weighted by Crippen LogP contribution is -2.35. The number of nitrogens with two attached hydrogens (primary N) is 1. The molecule has 1 aliphatic carbocycles. The molecule has 1 aromatic heterocycles. The van der Waals surface area contributed by atoms with E-state index in [0.29, 0.717) is 27.5 Å². The highest BCUT2D eigenvalue weighted by Gasteiger charge is 2.29. The highest BCUT2D eigenvalue weighted by molar-refractivity contribution is 7.81. The summed E-state index contributed by atoms with van der Waals surface area (Å²) < 4.78 is 41.8. The minimum atomic E-state index is -1.02. The van der Waals surface area contributed by atoms with Gasteiger partial charge in [-0.2, -0.15) is 0 Å². The number of hydrogen-bond donors (Lipinski definition) is 1. The number of aromatic nitrogens is 2. The normalized spacial score (nSPS) is 19.6. The smallest absolute Gasteiger partial charge is 0.250 e. The second-order valence-corrected chi connectivity index (χ2v) is 10.5. The summed E-state index contributed by atoms with van der Waals surface area (Å²) in [6, 6.07) is 7.58. The van der Waals surface area contributed by atoms with Crippen LogP contribution in [0.1, 0.15) is 31.4 Å². The lowest BCUT2D eigenvalue weighted by atomic mass is 9.98. The summed E-state index contributed by atoms with van der Waals surface area (Å²) in [5.74, 6) is -2.18. The van der Waals surface area contributed by atoms with Gasteiger partial charge >= 0.3 is 0 Å². The SMILES string of the molecule is C[C@@H](OC1C=C(n2cnc3cc(F)c(F)cc32)C=C(C(N)=O)C1=S)c1cccc(OC2CCN(C)CC2)c1Cl. The average molecular weight is 573 g/mol. The van der Waals surface area contributed by atoms with Gasteiger partial charge in [-0.15, -0.1) is 0 Å². The number of imidazole rings is 1. The van der Waals surface area contributed by atoms with E-state index in [0.717, 1.165) is 38.1 Å². The Morgan fingerprint density at radius 1 is 1.23 bits per heavy atom. The van der Waals surface area contributed by atoms with Gasteiger partial charge in [0.1, 0.15) is 24.3 Å². The van der Waals surface area contributed by atoms with Crippen molar-refractivity contribution in [3.8, 4) is 5.75 Å². The maximum Gasteiger partial charge on any atom is 0.250 e. The van der Waals surface area contributed by atoms with Crippen molar-refractivity contribution < 1.29 is 23.0 Å². The second kappa shape index (κ2) is 11.1. The standard InChI is InChI=1S/C28H27ClF2N4O3S/c1-15(18-4-3-5-24(26(18)29)38-17-6-8-34(2)9-7-17)37-25-11-16(10-19(27(25)39)28(32)36)35-14-33-22-12-20(30)21(31)13-23(22)35/h3-5,10-15,17,25H,6-9H2,1-2H3,(H2,32,36)/t15-,25?/m1/s1. The lowest BCUT2D eigenvalue weighted by Gasteiger charge is -2.30. The van der Waals surface area contributed by atoms with Crippen molar-refractivity contribution in [1.29, 1.82) is 0 Å². The molecule has 204 valence electrons. The summed E-state index contributed by atoms with van der Waals surface area (Å²) in [7, 11) is 2.09. The lowest BCUT2D eigenvalue weighted by molar-refractivity contribution is -0.114. The molecule has 1 saturated heterocycles. The molecule has 0 spiro atoms. The molecule has 39 heavy (non-hydrogen) atoms. The summed E-state index contributed by atoms with van der Waals surface area (Å²) in [5, 5.41) is 0.443. The zero-order valence-electron chi connectivity index (χ0n) is 21.4. The Bertz CT molecular complexity index is 1510. The zero-order chi connectivity index (χ0) is 27.8. The molecule has 1 fully saturated rings. The number of allylic oxidation sites excluding steroid dienone is 2. The van der Waals surface area contributed by atoms with E-state index >= 15 is 0 Å². The summed E-state index contributed by atoms with van der Waals surface area (Å²) in [4.78, 5) is 18.9. The Kier molecular flexibility index (Phi) is 7.82. The molecule has 7 nitrogen and oxygen atoms in total. The van der Waals surface area contributed by atoms with Crippen LogP contribution in [0.5, 0.6) is 5.75 Å². The van der Waals surface area contributed by atoms with Gasteiger partial charge < -0.3 is 20.1 Å². The van der Waals surface area contributed by atoms with E-state index in [-0.39, 0.29) is 22.1 Å². The number of primary amides is 1. The van der Waals surface area contributed by atoms with Gasteiger partial charge in [-0.1, -0.05) is 36.0 Å². The topological polar surface area (TPSA) is 82.6 Å². The van der Waals surface area contributed by atoms with Crippen LogP contribution in [0.2, 0.25) is 5.02 Å². The molecule has 5 rings (SSSR count). The third kappa shape index (κ3) is 5.60. The number of hydrogen-bond acceptors (Lipinski definition) is 6. The van der Waals surface area contributed by atoms with Crippen LogP contribution in [0.3, 0.4) is 0 Å². The van der Waals surface area contributed by atoms with E-state index in [9.17, 15) is 13.6 Å². The molecule has 1 aliphatic heterocycles. The van der Waals surface area contributed by atoms with Crippen molar-refractivity contribution in [3.05, 3.63) is 76.6 Å². The third-order valence-corrected chi connectivity index (χ3v) is 7.87. The second-order valence-electron chi connectivity index (χ2n) is 9.73. The Labute approximate surface area is 234 Å². The number of rotatable bonds is 7. The van der Waals surface area contributed by atoms with Gasteiger partial charge in [0.2, 0.25) is 5.91 Å². The largest absolute Gasteiger partial charge is 0.489 e. The minimum absolute atomic E-state index is 0.0770. The van der Waals surface area contributed by atoms with E-state index in [2.05, 4.69) is 16.9 Å². The maximum atomic E-state index is 14.0. The molecule has 1 unspecified atom stereocenters. The maximum absolute atomic E-state index is 14.0. The number of thiocarbonyl (C=S) groups is 1. The fourth-order valence-corrected chi connectivity index (χ4v) is 5.42. The number of ether oxygens (including phenoxy) is 2. The number of carbonyl (C=O) groups is 1. The van der Waals surface area contributed by atoms with Crippen molar-refractivity contribution in [3.63, 3.8) is 0 Å². The number of benzene rings is 2. The van der Waals surface area contributed by atoms with Gasteiger partial charge in [0.15, 0.2) is 11.6 Å². The molecule has 2 aromatic carbocycles. The molecule has 3 aromatic rings. The number of halogens is 3. The third-order valence-electron chi connectivity index (χ3n) is 7.01. The fourth-order valence-electron chi connectivity index (χ4n) is 4.81. The van der Waals surface area contributed by atoms with Gasteiger partial charge in [0.05, 0.1) is 32.6 Å². The molecule has 1 amide bonds. The molecular weight excluding hydrogens is 546 g/mol. The number of fused-ring (bicyclic) bond motifs is 1. The molecule has 11 heteroatoms. The molecule has 2 N–H and O–H groups in total. The van der Waals surface area contributed by atoms with E-state index in [1.54, 1.807) is 6.08 Å². The number of piperidine rings is 1. The number of likely N-dealkylation sites (tertiary alicyclic amines) is 1. The molecule has 2 heterocycles. The fraction of sp³-hybridized carbons (Fsp3) is 0.321. The van der Waals surface area contributed by atoms with Crippen molar-refractivity contribution in [2.24, 2.45) is 5.73 Å². The van der Waals surface area contributed by atoms with E-state index < -0.39 is 29.7 Å². The Morgan fingerprint density at radius 3 is 2.67 bits per heavy atom. The predicted molar refractivity (Wildman–Crippen MR) is 150 cm³/mol. The molecule has 0 bridgehead atoms. The van der Waals surface area contributed by atoms with E-state index in [1.165, 1.54) is 17.0 Å². The van der Waals surface area contributed by atoms with Gasteiger partial charge in [-0.05, 0) is 45.0 Å². The Hall–Kier alpha value is -3.18. The highest BCUT2D eigenvalue weighted by atomic mass is 35.5. The van der Waals surface area contributed by atoms with E-state index in [1.807, 2.05) is 25.1 Å². The van der Waals surface area contributed by atoms with Crippen LogP contribution in [-0.2, 0) is 9.53 Å². The van der Waals surface area contributed by atoms with Gasteiger partial charge in [-0.25, -0.2) is 13.8 Å². The van der Waals surface area contributed by atoms with Crippen LogP contribution in [-0.4, -0.2) is 57.6 Å². The summed E-state index contributed by atoms with van der Waals surface area (Å²) in [5.41, 5.74) is 7.37. The summed E-state index contributed by atoms with van der Waals surface area (Å²) in [6.45, 7) is 3.74. The van der Waals surface area contributed by atoms with Crippen molar-refractivity contribution >= 4 is 51.3 Å². The first kappa shape index (κ1) is 27.4. The molecule has 2 atom stereocenters. The molecular formula is C28H27ClF2N4O3S. The van der Waals surface area contributed by atoms with E-state index in [4.69, 9.17) is 39.0 Å². The van der Waals surface area contributed by atoms with Gasteiger partial charge in [0, 0.05) is 36.5 Å². The first-order valence-corrected chi connectivity index (χ1v) is 13.3. The van der Waals surface area contributed by atoms with Crippen LogP contribution >= 0.6 is 23.8 Å². The van der Waals surface area contributed by atoms with Crippen LogP contribution in [0.15, 0.2) is 54.4 Å². The van der Waals surface area contributed by atoms with Crippen molar-refractivity contribution in [2.45, 2.75) is 38.1 Å². The highest BCUT2D eigenvalue weighted by Crippen LogP contribution is 2.36. The Balaban J connectivity index is 1.43. The van der Waals surface area contributed by atoms with Gasteiger partial charge in [-0.3, -0.25) is 9.36 Å². The number of nitrogens with zero attached hydrogens (tertiary/aromatic N) is 3. The van der Waals surface area contributed by atoms with Crippen LogP contribution in [0.4, 0.5) is 8.78 Å². The molecule has 0 radical (unpaired) electrons. The number of carbonyl (C=O) groups excluding carboxylic acids is 1. The first-order valence-electron chi connectivity index (χ1n) is 12.5. The minimum Gasteiger partial charge on any atom is -0.489 e.